The predicted molar refractivity (Wildman–Crippen MR) is 109 cm³/mol. The summed E-state index contributed by atoms with van der Waals surface area (Å²) in [6, 6.07) is 2.05. The van der Waals surface area contributed by atoms with Crippen LogP contribution in [0, 0.1) is 5.82 Å². The summed E-state index contributed by atoms with van der Waals surface area (Å²) in [5.74, 6) is -3.84. The normalized spacial score (nSPS) is 13.8. The highest BCUT2D eigenvalue weighted by Gasteiger charge is 2.33. The summed E-state index contributed by atoms with van der Waals surface area (Å²) in [6.07, 6.45) is 1.90. The molecule has 0 fully saturated rings. The number of esters is 1. The highest BCUT2D eigenvalue weighted by molar-refractivity contribution is 6.35. The number of hydrogen-bond acceptors (Lipinski definition) is 6. The number of nitrogens with zero attached hydrogens (tertiary/aromatic N) is 1. The van der Waals surface area contributed by atoms with Crippen molar-refractivity contribution in [1.82, 2.24) is 0 Å². The van der Waals surface area contributed by atoms with Crippen LogP contribution < -0.4 is 9.64 Å². The number of amides is 2. The van der Waals surface area contributed by atoms with E-state index in [-0.39, 0.29) is 40.8 Å². The average Bonchev–Trinajstić information content (AvgIpc) is 2.75. The van der Waals surface area contributed by atoms with Crippen molar-refractivity contribution in [2.45, 2.75) is 32.6 Å². The second-order valence-electron chi connectivity index (χ2n) is 6.31. The SMILES string of the molecule is CCOCOc1cc(N(C(=O)CCl)C(=O)C2=C(C(=O)OC)CCCC2)c(F)cc1Cl. The number of halogens is 3. The van der Waals surface area contributed by atoms with Crippen LogP contribution in [0.25, 0.3) is 0 Å². The van der Waals surface area contributed by atoms with E-state index in [0.717, 1.165) is 12.1 Å². The van der Waals surface area contributed by atoms with Crippen molar-refractivity contribution in [3.8, 4) is 5.75 Å². The topological polar surface area (TPSA) is 82.1 Å². The van der Waals surface area contributed by atoms with Crippen molar-refractivity contribution in [2.75, 3.05) is 31.3 Å². The smallest absolute Gasteiger partial charge is 0.334 e. The third-order valence-corrected chi connectivity index (χ3v) is 4.99. The van der Waals surface area contributed by atoms with Gasteiger partial charge in [0.15, 0.2) is 6.79 Å². The summed E-state index contributed by atoms with van der Waals surface area (Å²) in [6.45, 7) is 1.99. The van der Waals surface area contributed by atoms with Crippen LogP contribution >= 0.6 is 23.2 Å². The maximum Gasteiger partial charge on any atom is 0.334 e. The van der Waals surface area contributed by atoms with Gasteiger partial charge in [-0.1, -0.05) is 11.6 Å². The molecule has 10 heteroatoms. The zero-order valence-corrected chi connectivity index (χ0v) is 18.1. The van der Waals surface area contributed by atoms with Gasteiger partial charge in [-0.25, -0.2) is 14.1 Å². The number of carbonyl (C=O) groups excluding carboxylic acids is 3. The maximum absolute atomic E-state index is 14.7. The molecule has 0 bridgehead atoms. The second kappa shape index (κ2) is 11.3. The number of benzene rings is 1. The van der Waals surface area contributed by atoms with Gasteiger partial charge in [0.1, 0.15) is 17.4 Å². The van der Waals surface area contributed by atoms with Gasteiger partial charge in [0.2, 0.25) is 5.91 Å². The molecule has 7 nitrogen and oxygen atoms in total. The molecule has 0 spiro atoms. The van der Waals surface area contributed by atoms with Gasteiger partial charge in [0, 0.05) is 23.8 Å². The minimum absolute atomic E-state index is 0.0208. The molecule has 0 atom stereocenters. The third kappa shape index (κ3) is 5.50. The molecule has 0 aromatic heterocycles. The van der Waals surface area contributed by atoms with E-state index >= 15 is 0 Å². The molecule has 0 saturated carbocycles. The number of imide groups is 1. The van der Waals surface area contributed by atoms with E-state index in [2.05, 4.69) is 0 Å². The average molecular weight is 462 g/mol. The molecule has 2 amide bonds. The number of alkyl halides is 1. The van der Waals surface area contributed by atoms with E-state index in [1.54, 1.807) is 6.92 Å². The third-order valence-electron chi connectivity index (χ3n) is 4.47. The zero-order valence-electron chi connectivity index (χ0n) is 16.6. The predicted octanol–water partition coefficient (Wildman–Crippen LogP) is 3.99. The lowest BCUT2D eigenvalue weighted by Gasteiger charge is -2.26. The molecular formula is C20H22Cl2FNO6. The summed E-state index contributed by atoms with van der Waals surface area (Å²) in [5, 5.41) is -0.0613. The highest BCUT2D eigenvalue weighted by Crippen LogP contribution is 2.35. The molecule has 0 aliphatic heterocycles. The van der Waals surface area contributed by atoms with E-state index < -0.39 is 29.5 Å². The number of rotatable bonds is 8. The summed E-state index contributed by atoms with van der Waals surface area (Å²) in [7, 11) is 1.20. The Labute approximate surface area is 183 Å². The van der Waals surface area contributed by atoms with Gasteiger partial charge in [-0.2, -0.15) is 0 Å². The first-order valence-corrected chi connectivity index (χ1v) is 10.2. The Kier molecular flexibility index (Phi) is 9.08. The Balaban J connectivity index is 2.53. The van der Waals surface area contributed by atoms with Gasteiger partial charge in [0.25, 0.3) is 5.91 Å². The Bertz CT molecular complexity index is 858. The molecule has 1 aromatic carbocycles. The fourth-order valence-corrected chi connectivity index (χ4v) is 3.35. The summed E-state index contributed by atoms with van der Waals surface area (Å²) in [4.78, 5) is 38.5. The van der Waals surface area contributed by atoms with E-state index in [1.807, 2.05) is 0 Å². The van der Waals surface area contributed by atoms with Crippen LogP contribution in [-0.2, 0) is 23.9 Å². The quantitative estimate of drug-likeness (QED) is 0.252. The van der Waals surface area contributed by atoms with Crippen LogP contribution in [0.1, 0.15) is 32.6 Å². The van der Waals surface area contributed by atoms with Crippen LogP contribution in [0.15, 0.2) is 23.3 Å². The molecule has 0 heterocycles. The lowest BCUT2D eigenvalue weighted by Crippen LogP contribution is -2.40. The number of hydrogen-bond donors (Lipinski definition) is 0. The monoisotopic (exact) mass is 461 g/mol. The van der Waals surface area contributed by atoms with Gasteiger partial charge >= 0.3 is 5.97 Å². The first kappa shape index (κ1) is 24.1. The Morgan fingerprint density at radius 1 is 1.17 bits per heavy atom. The minimum atomic E-state index is -0.924. The van der Waals surface area contributed by atoms with E-state index in [0.29, 0.717) is 30.8 Å². The molecule has 1 aliphatic carbocycles. The van der Waals surface area contributed by atoms with E-state index in [4.69, 9.17) is 37.4 Å². The van der Waals surface area contributed by atoms with Gasteiger partial charge in [-0.3, -0.25) is 9.59 Å². The molecular weight excluding hydrogens is 440 g/mol. The molecule has 0 N–H and O–H groups in total. The van der Waals surface area contributed by atoms with Crippen molar-refractivity contribution in [2.24, 2.45) is 0 Å². The van der Waals surface area contributed by atoms with Crippen molar-refractivity contribution in [1.29, 1.82) is 0 Å². The first-order chi connectivity index (χ1) is 14.3. The highest BCUT2D eigenvalue weighted by atomic mass is 35.5. The molecule has 0 radical (unpaired) electrons. The summed E-state index contributed by atoms with van der Waals surface area (Å²) >= 11 is 11.7. The largest absolute Gasteiger partial charge is 0.466 e. The molecule has 30 heavy (non-hydrogen) atoms. The maximum atomic E-state index is 14.7. The summed E-state index contributed by atoms with van der Waals surface area (Å²) < 4.78 is 29.9. The van der Waals surface area contributed by atoms with E-state index in [1.165, 1.54) is 7.11 Å². The van der Waals surface area contributed by atoms with Gasteiger partial charge in [-0.05, 0) is 38.7 Å². The van der Waals surface area contributed by atoms with Gasteiger partial charge < -0.3 is 14.2 Å². The molecule has 1 aliphatic rings. The fourth-order valence-electron chi connectivity index (χ4n) is 3.03. The van der Waals surface area contributed by atoms with E-state index in [9.17, 15) is 18.8 Å². The number of methoxy groups -OCH3 is 1. The van der Waals surface area contributed by atoms with Crippen LogP contribution in [0.3, 0.4) is 0 Å². The molecule has 2 rings (SSSR count). The lowest BCUT2D eigenvalue weighted by atomic mass is 9.90. The first-order valence-electron chi connectivity index (χ1n) is 9.28. The molecule has 0 unspecified atom stereocenters. The van der Waals surface area contributed by atoms with Crippen LogP contribution in [0.4, 0.5) is 10.1 Å². The van der Waals surface area contributed by atoms with Gasteiger partial charge in [-0.15, -0.1) is 11.6 Å². The van der Waals surface area contributed by atoms with Crippen molar-refractivity contribution < 1.29 is 33.0 Å². The Morgan fingerprint density at radius 2 is 1.83 bits per heavy atom. The van der Waals surface area contributed by atoms with Crippen LogP contribution in [0.2, 0.25) is 5.02 Å². The van der Waals surface area contributed by atoms with Crippen molar-refractivity contribution in [3.63, 3.8) is 0 Å². The lowest BCUT2D eigenvalue weighted by molar-refractivity contribution is -0.137. The van der Waals surface area contributed by atoms with Crippen LogP contribution in [-0.4, -0.2) is 44.2 Å². The van der Waals surface area contributed by atoms with Crippen molar-refractivity contribution >= 4 is 46.7 Å². The molecule has 1 aromatic rings. The van der Waals surface area contributed by atoms with Crippen LogP contribution in [0.5, 0.6) is 5.75 Å². The Hall–Kier alpha value is -2.16. The summed E-state index contributed by atoms with van der Waals surface area (Å²) in [5.41, 5.74) is -0.121. The van der Waals surface area contributed by atoms with Gasteiger partial charge in [0.05, 0.1) is 17.8 Å². The fraction of sp³-hybridized carbons (Fsp3) is 0.450. The van der Waals surface area contributed by atoms with Crippen molar-refractivity contribution in [3.05, 3.63) is 34.1 Å². The second-order valence-corrected chi connectivity index (χ2v) is 6.99. The minimum Gasteiger partial charge on any atom is -0.466 e. The number of ether oxygens (including phenoxy) is 3. The number of carbonyl (C=O) groups is 3. The standard InChI is InChI=1S/C20H22Cl2FNO6/c1-3-29-11-30-17-9-16(15(23)8-14(17)22)24(18(25)10-21)19(26)12-6-4-5-7-13(12)20(27)28-2/h8-9H,3-7,10-11H2,1-2H3. The molecule has 0 saturated heterocycles. The Morgan fingerprint density at radius 3 is 2.43 bits per heavy atom. The molecule has 164 valence electrons. The number of anilines is 1. The zero-order chi connectivity index (χ0) is 22.3.